The second-order valence-electron chi connectivity index (χ2n) is 3.78. The Morgan fingerprint density at radius 3 is 2.73 bits per heavy atom. The summed E-state index contributed by atoms with van der Waals surface area (Å²) in [6, 6.07) is 2.69. The number of thiophene rings is 1. The van der Waals surface area contributed by atoms with Gasteiger partial charge < -0.3 is 5.32 Å². The monoisotopic (exact) mass is 289 g/mol. The number of hydrogen-bond acceptors (Lipinski definition) is 2. The topological polar surface area (TPSA) is 12.0 Å². The SMILES string of the molecule is CCCCC(NCCC)c1sccc1Br. The normalized spacial score (nSPS) is 13.0. The fourth-order valence-corrected chi connectivity index (χ4v) is 3.37. The Balaban J connectivity index is 2.58. The molecule has 0 aliphatic carbocycles. The highest BCUT2D eigenvalue weighted by atomic mass is 79.9. The second-order valence-corrected chi connectivity index (χ2v) is 5.58. The van der Waals surface area contributed by atoms with Crippen LogP contribution < -0.4 is 5.32 Å². The molecule has 1 heterocycles. The number of rotatable bonds is 7. The van der Waals surface area contributed by atoms with Crippen LogP contribution in [0.25, 0.3) is 0 Å². The predicted molar refractivity (Wildman–Crippen MR) is 72.6 cm³/mol. The summed E-state index contributed by atoms with van der Waals surface area (Å²) in [4.78, 5) is 1.46. The van der Waals surface area contributed by atoms with Crippen molar-refractivity contribution in [1.82, 2.24) is 5.32 Å². The van der Waals surface area contributed by atoms with Crippen molar-refractivity contribution in [1.29, 1.82) is 0 Å². The molecule has 0 saturated carbocycles. The molecule has 0 aliphatic heterocycles. The van der Waals surface area contributed by atoms with E-state index < -0.39 is 0 Å². The molecule has 1 aromatic heterocycles. The molecule has 0 radical (unpaired) electrons. The summed E-state index contributed by atoms with van der Waals surface area (Å²) in [5.41, 5.74) is 0. The van der Waals surface area contributed by atoms with Crippen LogP contribution in [0.5, 0.6) is 0 Å². The van der Waals surface area contributed by atoms with Crippen LogP contribution in [0.3, 0.4) is 0 Å². The minimum absolute atomic E-state index is 0.541. The Hall–Kier alpha value is 0.140. The first-order chi connectivity index (χ1) is 7.29. The Morgan fingerprint density at radius 2 is 2.20 bits per heavy atom. The number of hydrogen-bond donors (Lipinski definition) is 1. The maximum Gasteiger partial charge on any atom is 0.0426 e. The van der Waals surface area contributed by atoms with Gasteiger partial charge in [0, 0.05) is 15.4 Å². The molecular formula is C12H20BrNS. The van der Waals surface area contributed by atoms with E-state index in [1.165, 1.54) is 35.0 Å². The molecule has 0 saturated heterocycles. The lowest BCUT2D eigenvalue weighted by molar-refractivity contribution is 0.486. The number of nitrogens with one attached hydrogen (secondary N) is 1. The first-order valence-corrected chi connectivity index (χ1v) is 7.43. The quantitative estimate of drug-likeness (QED) is 0.764. The summed E-state index contributed by atoms with van der Waals surface area (Å²) < 4.78 is 1.26. The van der Waals surface area contributed by atoms with Crippen LogP contribution in [0.1, 0.15) is 50.4 Å². The van der Waals surface area contributed by atoms with Gasteiger partial charge in [-0.2, -0.15) is 0 Å². The summed E-state index contributed by atoms with van der Waals surface area (Å²) in [7, 11) is 0. The summed E-state index contributed by atoms with van der Waals surface area (Å²) in [5.74, 6) is 0. The van der Waals surface area contributed by atoms with E-state index in [0.717, 1.165) is 6.54 Å². The van der Waals surface area contributed by atoms with Gasteiger partial charge in [-0.3, -0.25) is 0 Å². The van der Waals surface area contributed by atoms with Crippen molar-refractivity contribution in [2.75, 3.05) is 6.54 Å². The standard InChI is InChI=1S/C12H20BrNS/c1-3-5-6-11(14-8-4-2)12-10(13)7-9-15-12/h7,9,11,14H,3-6,8H2,1-2H3. The van der Waals surface area contributed by atoms with Crippen LogP contribution in [-0.4, -0.2) is 6.54 Å². The smallest absolute Gasteiger partial charge is 0.0426 e. The fourth-order valence-electron chi connectivity index (χ4n) is 1.61. The van der Waals surface area contributed by atoms with Crippen molar-refractivity contribution in [3.8, 4) is 0 Å². The Morgan fingerprint density at radius 1 is 1.40 bits per heavy atom. The highest BCUT2D eigenvalue weighted by molar-refractivity contribution is 9.10. The Labute approximate surface area is 105 Å². The van der Waals surface area contributed by atoms with Crippen LogP contribution in [-0.2, 0) is 0 Å². The van der Waals surface area contributed by atoms with E-state index in [1.807, 2.05) is 11.3 Å². The lowest BCUT2D eigenvalue weighted by Gasteiger charge is -2.17. The molecule has 1 atom stereocenters. The van der Waals surface area contributed by atoms with Gasteiger partial charge in [0.05, 0.1) is 0 Å². The van der Waals surface area contributed by atoms with Crippen molar-refractivity contribution >= 4 is 27.3 Å². The average molecular weight is 290 g/mol. The van der Waals surface area contributed by atoms with Gasteiger partial charge in [0.25, 0.3) is 0 Å². The lowest BCUT2D eigenvalue weighted by Crippen LogP contribution is -2.21. The van der Waals surface area contributed by atoms with Crippen LogP contribution in [0.2, 0.25) is 0 Å². The largest absolute Gasteiger partial charge is 0.309 e. The van der Waals surface area contributed by atoms with E-state index in [2.05, 4.69) is 46.5 Å². The number of unbranched alkanes of at least 4 members (excludes halogenated alkanes) is 1. The van der Waals surface area contributed by atoms with Crippen LogP contribution in [0, 0.1) is 0 Å². The average Bonchev–Trinajstić information content (AvgIpc) is 2.65. The highest BCUT2D eigenvalue weighted by Gasteiger charge is 2.14. The first kappa shape index (κ1) is 13.2. The van der Waals surface area contributed by atoms with Crippen molar-refractivity contribution < 1.29 is 0 Å². The van der Waals surface area contributed by atoms with Crippen LogP contribution in [0.15, 0.2) is 15.9 Å². The second kappa shape index (κ2) is 7.42. The Bertz CT molecular complexity index is 264. The lowest BCUT2D eigenvalue weighted by atomic mass is 10.1. The molecule has 15 heavy (non-hydrogen) atoms. The third-order valence-corrected chi connectivity index (χ3v) is 4.43. The third-order valence-electron chi connectivity index (χ3n) is 2.45. The van der Waals surface area contributed by atoms with Gasteiger partial charge in [-0.25, -0.2) is 0 Å². The molecule has 0 spiro atoms. The number of halogens is 1. The van der Waals surface area contributed by atoms with E-state index in [9.17, 15) is 0 Å². The molecule has 3 heteroatoms. The van der Waals surface area contributed by atoms with Gasteiger partial charge in [-0.1, -0.05) is 26.7 Å². The van der Waals surface area contributed by atoms with E-state index in [1.54, 1.807) is 0 Å². The summed E-state index contributed by atoms with van der Waals surface area (Å²) >= 11 is 5.47. The molecule has 0 bridgehead atoms. The zero-order valence-electron chi connectivity index (χ0n) is 9.55. The molecule has 0 aromatic carbocycles. The molecule has 1 rings (SSSR count). The molecule has 1 N–H and O–H groups in total. The molecular weight excluding hydrogens is 270 g/mol. The van der Waals surface area contributed by atoms with Crippen LogP contribution in [0.4, 0.5) is 0 Å². The van der Waals surface area contributed by atoms with Crippen molar-refractivity contribution in [2.24, 2.45) is 0 Å². The maximum atomic E-state index is 3.63. The molecule has 1 nitrogen and oxygen atoms in total. The highest BCUT2D eigenvalue weighted by Crippen LogP contribution is 2.31. The summed E-state index contributed by atoms with van der Waals surface area (Å²) in [6.45, 7) is 5.58. The van der Waals surface area contributed by atoms with E-state index in [-0.39, 0.29) is 0 Å². The summed E-state index contributed by atoms with van der Waals surface area (Å²) in [5, 5.41) is 5.79. The minimum Gasteiger partial charge on any atom is -0.309 e. The molecule has 1 unspecified atom stereocenters. The van der Waals surface area contributed by atoms with E-state index >= 15 is 0 Å². The van der Waals surface area contributed by atoms with E-state index in [0.29, 0.717) is 6.04 Å². The van der Waals surface area contributed by atoms with Gasteiger partial charge in [0.2, 0.25) is 0 Å². The fraction of sp³-hybridized carbons (Fsp3) is 0.667. The first-order valence-electron chi connectivity index (χ1n) is 5.75. The van der Waals surface area contributed by atoms with Crippen molar-refractivity contribution in [3.63, 3.8) is 0 Å². The van der Waals surface area contributed by atoms with Gasteiger partial charge in [0.1, 0.15) is 0 Å². The van der Waals surface area contributed by atoms with Crippen LogP contribution >= 0.6 is 27.3 Å². The van der Waals surface area contributed by atoms with E-state index in [4.69, 9.17) is 0 Å². The van der Waals surface area contributed by atoms with Gasteiger partial charge in [0.15, 0.2) is 0 Å². The van der Waals surface area contributed by atoms with Gasteiger partial charge in [-0.15, -0.1) is 11.3 Å². The molecule has 0 aliphatic rings. The third kappa shape index (κ3) is 4.25. The zero-order valence-corrected chi connectivity index (χ0v) is 12.0. The minimum atomic E-state index is 0.541. The zero-order chi connectivity index (χ0) is 11.1. The summed E-state index contributed by atoms with van der Waals surface area (Å²) in [6.07, 6.45) is 5.01. The molecule has 0 fully saturated rings. The molecule has 86 valence electrons. The predicted octanol–water partition coefficient (Wildman–Crippen LogP) is 4.74. The maximum absolute atomic E-state index is 3.63. The van der Waals surface area contributed by atoms with Crippen molar-refractivity contribution in [2.45, 2.75) is 45.6 Å². The van der Waals surface area contributed by atoms with Gasteiger partial charge >= 0.3 is 0 Å². The molecule has 1 aromatic rings. The van der Waals surface area contributed by atoms with Gasteiger partial charge in [-0.05, 0) is 46.8 Å². The Kier molecular flexibility index (Phi) is 6.53. The molecule has 0 amide bonds. The van der Waals surface area contributed by atoms with Crippen molar-refractivity contribution in [3.05, 3.63) is 20.8 Å².